The molecule has 0 N–H and O–H groups in total. The van der Waals surface area contributed by atoms with E-state index in [2.05, 4.69) is 49.4 Å². The lowest BCUT2D eigenvalue weighted by Gasteiger charge is -2.09. The maximum atomic E-state index is 5.51. The number of hydrogen-bond acceptors (Lipinski definition) is 4. The highest BCUT2D eigenvalue weighted by Gasteiger charge is 2.14. The van der Waals surface area contributed by atoms with Crippen molar-refractivity contribution in [2.45, 2.75) is 24.4 Å². The highest BCUT2D eigenvalue weighted by molar-refractivity contribution is 9.10. The van der Waals surface area contributed by atoms with Crippen molar-refractivity contribution in [1.29, 1.82) is 0 Å². The molecule has 0 saturated carbocycles. The summed E-state index contributed by atoms with van der Waals surface area (Å²) in [5.41, 5.74) is 2.25. The van der Waals surface area contributed by atoms with Crippen LogP contribution in [0.1, 0.15) is 12.5 Å². The van der Waals surface area contributed by atoms with Gasteiger partial charge in [-0.05, 0) is 48.9 Å². The average Bonchev–Trinajstić information content (AvgIpc) is 3.04. The van der Waals surface area contributed by atoms with Gasteiger partial charge >= 0.3 is 0 Å². The normalized spacial score (nSPS) is 10.7. The molecule has 3 rings (SSSR count). The van der Waals surface area contributed by atoms with Crippen LogP contribution in [0.2, 0.25) is 0 Å². The molecule has 134 valence electrons. The quantitative estimate of drug-likeness (QED) is 0.345. The molecule has 3 aromatic rings. The third-order valence-electron chi connectivity index (χ3n) is 3.71. The van der Waals surface area contributed by atoms with E-state index in [-0.39, 0.29) is 0 Å². The smallest absolute Gasteiger partial charge is 0.192 e. The Morgan fingerprint density at radius 3 is 2.69 bits per heavy atom. The van der Waals surface area contributed by atoms with E-state index in [1.54, 1.807) is 11.8 Å². The van der Waals surface area contributed by atoms with E-state index in [1.807, 2.05) is 49.4 Å². The lowest BCUT2D eigenvalue weighted by atomic mass is 10.2. The molecule has 0 aliphatic heterocycles. The summed E-state index contributed by atoms with van der Waals surface area (Å²) in [6, 6.07) is 16.2. The summed E-state index contributed by atoms with van der Waals surface area (Å²) < 4.78 is 8.68. The van der Waals surface area contributed by atoms with Crippen LogP contribution in [-0.4, -0.2) is 21.4 Å². The predicted octanol–water partition coefficient (Wildman–Crippen LogP) is 5.58. The van der Waals surface area contributed by atoms with Crippen LogP contribution < -0.4 is 4.74 Å². The molecule has 0 aliphatic rings. The third-order valence-corrected chi connectivity index (χ3v) is 5.24. The fourth-order valence-corrected chi connectivity index (χ4v) is 3.88. The highest BCUT2D eigenvalue weighted by Crippen LogP contribution is 2.28. The van der Waals surface area contributed by atoms with Crippen molar-refractivity contribution >= 4 is 27.7 Å². The van der Waals surface area contributed by atoms with Crippen LogP contribution in [-0.2, 0) is 12.3 Å². The number of ether oxygens (including phenoxy) is 1. The minimum Gasteiger partial charge on any atom is -0.494 e. The Bertz CT molecular complexity index is 877. The van der Waals surface area contributed by atoms with E-state index in [1.165, 1.54) is 5.56 Å². The Morgan fingerprint density at radius 1 is 1.19 bits per heavy atom. The second-order valence-corrected chi connectivity index (χ2v) is 7.44. The lowest BCUT2D eigenvalue weighted by molar-refractivity contribution is 0.340. The van der Waals surface area contributed by atoms with Crippen LogP contribution in [0.4, 0.5) is 0 Å². The lowest BCUT2D eigenvalue weighted by Crippen LogP contribution is -2.01. The minimum absolute atomic E-state index is 0.655. The van der Waals surface area contributed by atoms with Crippen molar-refractivity contribution in [3.8, 4) is 17.1 Å². The molecule has 0 atom stereocenters. The zero-order valence-corrected chi connectivity index (χ0v) is 17.0. The fraction of sp³-hybridized carbons (Fsp3) is 0.200. The third kappa shape index (κ3) is 4.56. The van der Waals surface area contributed by atoms with E-state index in [0.717, 1.165) is 32.5 Å². The van der Waals surface area contributed by atoms with Crippen molar-refractivity contribution in [2.24, 2.45) is 0 Å². The van der Waals surface area contributed by atoms with Crippen molar-refractivity contribution in [3.63, 3.8) is 0 Å². The Labute approximate surface area is 166 Å². The van der Waals surface area contributed by atoms with Gasteiger partial charge in [0.2, 0.25) is 0 Å². The molecule has 2 aromatic carbocycles. The number of benzene rings is 2. The average molecular weight is 430 g/mol. The molecular formula is C20H20BrN3OS. The summed E-state index contributed by atoms with van der Waals surface area (Å²) >= 11 is 5.18. The number of thioether (sulfide) groups is 1. The first-order valence-electron chi connectivity index (χ1n) is 8.36. The zero-order chi connectivity index (χ0) is 18.4. The summed E-state index contributed by atoms with van der Waals surface area (Å²) in [5, 5.41) is 9.68. The fourth-order valence-electron chi connectivity index (χ4n) is 2.54. The maximum Gasteiger partial charge on any atom is 0.192 e. The predicted molar refractivity (Wildman–Crippen MR) is 111 cm³/mol. The molecule has 0 saturated heterocycles. The topological polar surface area (TPSA) is 39.9 Å². The van der Waals surface area contributed by atoms with E-state index in [9.17, 15) is 0 Å². The molecule has 0 bridgehead atoms. The maximum absolute atomic E-state index is 5.51. The van der Waals surface area contributed by atoms with Gasteiger partial charge in [0.15, 0.2) is 11.0 Å². The van der Waals surface area contributed by atoms with Crippen LogP contribution in [0, 0.1) is 0 Å². The first-order chi connectivity index (χ1) is 12.7. The summed E-state index contributed by atoms with van der Waals surface area (Å²) in [5.74, 6) is 2.53. The number of allylic oxidation sites excluding steroid dienone is 1. The standard InChI is InChI=1S/C20H20BrN3OS/c1-3-12-24-19(16-8-10-18(11-9-16)25-4-2)22-23-20(24)26-14-15-6-5-7-17(21)13-15/h3,5-11,13H,1,4,12,14H2,2H3. The first kappa shape index (κ1) is 18.7. The Hall–Kier alpha value is -2.05. The molecule has 1 aromatic heterocycles. The Balaban J connectivity index is 1.82. The molecule has 0 fully saturated rings. The monoisotopic (exact) mass is 429 g/mol. The van der Waals surface area contributed by atoms with Gasteiger partial charge in [0, 0.05) is 22.3 Å². The van der Waals surface area contributed by atoms with Crippen molar-refractivity contribution in [1.82, 2.24) is 14.8 Å². The molecule has 0 aliphatic carbocycles. The van der Waals surface area contributed by atoms with Gasteiger partial charge in [-0.15, -0.1) is 16.8 Å². The van der Waals surface area contributed by atoms with Gasteiger partial charge in [0.1, 0.15) is 5.75 Å². The van der Waals surface area contributed by atoms with Crippen molar-refractivity contribution in [2.75, 3.05) is 6.61 Å². The summed E-state index contributed by atoms with van der Waals surface area (Å²) in [7, 11) is 0. The summed E-state index contributed by atoms with van der Waals surface area (Å²) in [6.45, 7) is 7.16. The molecule has 0 spiro atoms. The molecule has 26 heavy (non-hydrogen) atoms. The van der Waals surface area contributed by atoms with Crippen LogP contribution >= 0.6 is 27.7 Å². The molecule has 0 unspecified atom stereocenters. The molecule has 0 amide bonds. The second kappa shape index (κ2) is 9.05. The molecule has 0 radical (unpaired) electrons. The van der Waals surface area contributed by atoms with Crippen LogP contribution in [0.25, 0.3) is 11.4 Å². The largest absolute Gasteiger partial charge is 0.494 e. The number of halogens is 1. The Morgan fingerprint density at radius 2 is 2.00 bits per heavy atom. The van der Waals surface area contributed by atoms with Gasteiger partial charge in [-0.3, -0.25) is 4.57 Å². The van der Waals surface area contributed by atoms with Gasteiger partial charge in [0.25, 0.3) is 0 Å². The van der Waals surface area contributed by atoms with Gasteiger partial charge in [-0.1, -0.05) is 45.9 Å². The van der Waals surface area contributed by atoms with Crippen molar-refractivity contribution < 1.29 is 4.74 Å². The van der Waals surface area contributed by atoms with E-state index >= 15 is 0 Å². The zero-order valence-electron chi connectivity index (χ0n) is 14.6. The second-order valence-electron chi connectivity index (χ2n) is 5.58. The molecule has 6 heteroatoms. The number of aromatic nitrogens is 3. The SMILES string of the molecule is C=CCn1c(SCc2cccc(Br)c2)nnc1-c1ccc(OCC)cc1. The molecule has 1 heterocycles. The molecular weight excluding hydrogens is 410 g/mol. The number of rotatable bonds is 8. The summed E-state index contributed by atoms with van der Waals surface area (Å²) in [6.07, 6.45) is 1.87. The summed E-state index contributed by atoms with van der Waals surface area (Å²) in [4.78, 5) is 0. The molecule has 4 nitrogen and oxygen atoms in total. The van der Waals surface area contributed by atoms with Crippen LogP contribution in [0.15, 0.2) is 70.8 Å². The van der Waals surface area contributed by atoms with E-state index in [0.29, 0.717) is 13.2 Å². The minimum atomic E-state index is 0.655. The Kier molecular flexibility index (Phi) is 6.52. The van der Waals surface area contributed by atoms with Gasteiger partial charge in [-0.25, -0.2) is 0 Å². The van der Waals surface area contributed by atoms with E-state index in [4.69, 9.17) is 4.74 Å². The van der Waals surface area contributed by atoms with Crippen LogP contribution in [0.5, 0.6) is 5.75 Å². The van der Waals surface area contributed by atoms with Gasteiger partial charge in [-0.2, -0.15) is 0 Å². The van der Waals surface area contributed by atoms with Gasteiger partial charge in [0.05, 0.1) is 6.61 Å². The first-order valence-corrected chi connectivity index (χ1v) is 10.1. The number of nitrogens with zero attached hydrogens (tertiary/aromatic N) is 3. The van der Waals surface area contributed by atoms with Crippen LogP contribution in [0.3, 0.4) is 0 Å². The van der Waals surface area contributed by atoms with Crippen molar-refractivity contribution in [3.05, 3.63) is 71.2 Å². The van der Waals surface area contributed by atoms with E-state index < -0.39 is 0 Å². The number of hydrogen-bond donors (Lipinski definition) is 0. The highest BCUT2D eigenvalue weighted by atomic mass is 79.9. The van der Waals surface area contributed by atoms with Gasteiger partial charge < -0.3 is 4.74 Å².